The Balaban J connectivity index is 2.02. The van der Waals surface area contributed by atoms with Gasteiger partial charge in [-0.2, -0.15) is 5.10 Å². The number of aromatic nitrogens is 2. The van der Waals surface area contributed by atoms with Gasteiger partial charge in [-0.25, -0.2) is 4.68 Å². The van der Waals surface area contributed by atoms with Crippen molar-refractivity contribution in [1.82, 2.24) is 15.1 Å². The average Bonchev–Trinajstić information content (AvgIpc) is 3.02. The third-order valence-corrected chi connectivity index (χ3v) is 3.08. The number of methoxy groups -OCH3 is 1. The molecule has 0 radical (unpaired) electrons. The van der Waals surface area contributed by atoms with Gasteiger partial charge in [-0.05, 0) is 36.8 Å². The molecule has 0 spiro atoms. The van der Waals surface area contributed by atoms with Gasteiger partial charge in [-0.15, -0.1) is 0 Å². The Morgan fingerprint density at radius 3 is 2.76 bits per heavy atom. The first-order valence-corrected chi connectivity index (χ1v) is 6.75. The smallest absolute Gasteiger partial charge is 0.251 e. The van der Waals surface area contributed by atoms with Gasteiger partial charge in [-0.3, -0.25) is 4.79 Å². The minimum absolute atomic E-state index is 0.00649. The van der Waals surface area contributed by atoms with Crippen LogP contribution in [0.3, 0.4) is 0 Å². The van der Waals surface area contributed by atoms with Crippen LogP contribution < -0.4 is 5.32 Å². The van der Waals surface area contributed by atoms with E-state index in [2.05, 4.69) is 10.4 Å². The molecule has 0 fully saturated rings. The molecular formula is C15H19N3O3. The van der Waals surface area contributed by atoms with Crippen molar-refractivity contribution in [3.05, 3.63) is 48.3 Å². The molecule has 1 unspecified atom stereocenters. The molecule has 2 rings (SSSR count). The Kier molecular flexibility index (Phi) is 5.48. The van der Waals surface area contributed by atoms with Crippen molar-refractivity contribution in [2.75, 3.05) is 20.3 Å². The van der Waals surface area contributed by atoms with Crippen molar-refractivity contribution in [2.45, 2.75) is 12.5 Å². The van der Waals surface area contributed by atoms with Gasteiger partial charge < -0.3 is 15.2 Å². The number of carbonyl (C=O) groups excluding carboxylic acids is 1. The number of ether oxygens (including phenoxy) is 1. The molecule has 1 aromatic carbocycles. The Hall–Kier alpha value is -2.18. The van der Waals surface area contributed by atoms with Gasteiger partial charge in [0, 0.05) is 31.7 Å². The van der Waals surface area contributed by atoms with Crippen LogP contribution in [0.15, 0.2) is 42.7 Å². The number of hydrogen-bond acceptors (Lipinski definition) is 4. The topological polar surface area (TPSA) is 76.4 Å². The second-order valence-corrected chi connectivity index (χ2v) is 4.64. The van der Waals surface area contributed by atoms with Crippen molar-refractivity contribution in [3.63, 3.8) is 0 Å². The quantitative estimate of drug-likeness (QED) is 0.797. The molecule has 0 bridgehead atoms. The average molecular weight is 289 g/mol. The number of hydrogen-bond donors (Lipinski definition) is 2. The summed E-state index contributed by atoms with van der Waals surface area (Å²) in [6.45, 7) is 0.379. The van der Waals surface area contributed by atoms with Crippen LogP contribution in [-0.2, 0) is 4.74 Å². The highest BCUT2D eigenvalue weighted by atomic mass is 16.5. The van der Waals surface area contributed by atoms with Gasteiger partial charge in [-0.1, -0.05) is 0 Å². The monoisotopic (exact) mass is 289 g/mol. The molecule has 0 aliphatic carbocycles. The van der Waals surface area contributed by atoms with E-state index in [0.717, 1.165) is 5.69 Å². The lowest BCUT2D eigenvalue weighted by molar-refractivity contribution is 0.0878. The van der Waals surface area contributed by atoms with Crippen LogP contribution in [0.25, 0.3) is 5.69 Å². The maximum atomic E-state index is 12.1. The lowest BCUT2D eigenvalue weighted by atomic mass is 10.1. The summed E-state index contributed by atoms with van der Waals surface area (Å²) in [7, 11) is 1.56. The summed E-state index contributed by atoms with van der Waals surface area (Å²) in [6, 6.07) is 8.80. The molecule has 0 saturated carbocycles. The third kappa shape index (κ3) is 4.14. The first kappa shape index (κ1) is 15.2. The number of rotatable bonds is 7. The van der Waals surface area contributed by atoms with Crippen molar-refractivity contribution in [2.24, 2.45) is 0 Å². The van der Waals surface area contributed by atoms with Gasteiger partial charge in [0.05, 0.1) is 18.3 Å². The number of nitrogens with zero attached hydrogens (tertiary/aromatic N) is 2. The van der Waals surface area contributed by atoms with E-state index in [-0.39, 0.29) is 18.6 Å². The van der Waals surface area contributed by atoms with Crippen LogP contribution in [0.2, 0.25) is 0 Å². The second-order valence-electron chi connectivity index (χ2n) is 4.64. The van der Waals surface area contributed by atoms with Crippen molar-refractivity contribution >= 4 is 5.91 Å². The van der Waals surface area contributed by atoms with Crippen LogP contribution in [0.4, 0.5) is 0 Å². The van der Waals surface area contributed by atoms with E-state index in [4.69, 9.17) is 9.84 Å². The third-order valence-electron chi connectivity index (χ3n) is 3.08. The summed E-state index contributed by atoms with van der Waals surface area (Å²) in [5.41, 5.74) is 1.45. The van der Waals surface area contributed by atoms with Crippen molar-refractivity contribution < 1.29 is 14.6 Å². The Labute approximate surface area is 123 Å². The maximum absolute atomic E-state index is 12.1. The number of amides is 1. The molecule has 6 heteroatoms. The van der Waals surface area contributed by atoms with E-state index < -0.39 is 0 Å². The van der Waals surface area contributed by atoms with Gasteiger partial charge in [0.25, 0.3) is 5.91 Å². The number of aliphatic hydroxyl groups is 1. The molecule has 112 valence electrons. The van der Waals surface area contributed by atoms with Crippen molar-refractivity contribution in [1.29, 1.82) is 0 Å². The molecule has 1 aromatic heterocycles. The second kappa shape index (κ2) is 7.56. The number of nitrogens with one attached hydrogen (secondary N) is 1. The zero-order chi connectivity index (χ0) is 15.1. The Morgan fingerprint density at radius 1 is 1.43 bits per heavy atom. The zero-order valence-electron chi connectivity index (χ0n) is 11.9. The molecule has 2 aromatic rings. The summed E-state index contributed by atoms with van der Waals surface area (Å²) in [6.07, 6.45) is 4.00. The molecule has 0 aliphatic rings. The van der Waals surface area contributed by atoms with E-state index in [9.17, 15) is 4.79 Å². The molecule has 1 amide bonds. The fourth-order valence-corrected chi connectivity index (χ4v) is 2.01. The lowest BCUT2D eigenvalue weighted by Gasteiger charge is -2.16. The first-order chi connectivity index (χ1) is 10.2. The predicted molar refractivity (Wildman–Crippen MR) is 78.4 cm³/mol. The summed E-state index contributed by atoms with van der Waals surface area (Å²) >= 11 is 0. The lowest BCUT2D eigenvalue weighted by Crippen LogP contribution is -2.38. The summed E-state index contributed by atoms with van der Waals surface area (Å²) in [5.74, 6) is -0.183. The highest BCUT2D eigenvalue weighted by Crippen LogP contribution is 2.09. The number of aliphatic hydroxyl groups excluding tert-OH is 1. The minimum atomic E-state index is -0.196. The summed E-state index contributed by atoms with van der Waals surface area (Å²) in [5, 5.41) is 15.9. The van der Waals surface area contributed by atoms with Gasteiger partial charge in [0.2, 0.25) is 0 Å². The summed E-state index contributed by atoms with van der Waals surface area (Å²) in [4.78, 5) is 12.1. The molecule has 6 nitrogen and oxygen atoms in total. The van der Waals surface area contributed by atoms with E-state index in [1.54, 1.807) is 30.1 Å². The maximum Gasteiger partial charge on any atom is 0.251 e. The van der Waals surface area contributed by atoms with Crippen LogP contribution in [0.1, 0.15) is 16.8 Å². The van der Waals surface area contributed by atoms with E-state index in [1.807, 2.05) is 24.4 Å². The van der Waals surface area contributed by atoms with Crippen LogP contribution in [0.5, 0.6) is 0 Å². The van der Waals surface area contributed by atoms with E-state index >= 15 is 0 Å². The molecule has 0 aliphatic heterocycles. The van der Waals surface area contributed by atoms with E-state index in [1.165, 1.54) is 0 Å². The predicted octanol–water partition coefficient (Wildman–Crippen LogP) is 0.999. The Morgan fingerprint density at radius 2 is 2.19 bits per heavy atom. The summed E-state index contributed by atoms with van der Waals surface area (Å²) < 4.78 is 6.75. The van der Waals surface area contributed by atoms with Gasteiger partial charge in [0.1, 0.15) is 0 Å². The normalized spacial score (nSPS) is 12.1. The highest BCUT2D eigenvalue weighted by Gasteiger charge is 2.13. The minimum Gasteiger partial charge on any atom is -0.396 e. The van der Waals surface area contributed by atoms with Crippen LogP contribution in [-0.4, -0.2) is 47.2 Å². The van der Waals surface area contributed by atoms with Gasteiger partial charge in [0.15, 0.2) is 0 Å². The van der Waals surface area contributed by atoms with Crippen LogP contribution >= 0.6 is 0 Å². The first-order valence-electron chi connectivity index (χ1n) is 6.75. The number of benzene rings is 1. The molecule has 21 heavy (non-hydrogen) atoms. The van der Waals surface area contributed by atoms with Crippen LogP contribution in [0, 0.1) is 0 Å². The molecule has 2 N–H and O–H groups in total. The fourth-order valence-electron chi connectivity index (χ4n) is 2.01. The van der Waals surface area contributed by atoms with Gasteiger partial charge >= 0.3 is 0 Å². The zero-order valence-corrected chi connectivity index (χ0v) is 11.9. The molecular weight excluding hydrogens is 270 g/mol. The molecule has 0 saturated heterocycles. The molecule has 1 heterocycles. The highest BCUT2D eigenvalue weighted by molar-refractivity contribution is 5.94. The fraction of sp³-hybridized carbons (Fsp3) is 0.333. The molecule has 1 atom stereocenters. The van der Waals surface area contributed by atoms with Crippen molar-refractivity contribution in [3.8, 4) is 5.69 Å². The SMILES string of the molecule is COCC(CCO)NC(=O)c1ccc(-n2cccn2)cc1. The van der Waals surface area contributed by atoms with E-state index in [0.29, 0.717) is 18.6 Å². The largest absolute Gasteiger partial charge is 0.396 e. The standard InChI is InChI=1S/C15H19N3O3/c1-21-11-13(7-10-19)17-15(20)12-3-5-14(6-4-12)18-9-2-8-16-18/h2-6,8-9,13,19H,7,10-11H2,1H3,(H,17,20). The Bertz CT molecular complexity index is 546. The number of carbonyl (C=O) groups is 1.